The zero-order valence-corrected chi connectivity index (χ0v) is 19.1. The van der Waals surface area contributed by atoms with Gasteiger partial charge in [-0.25, -0.2) is 0 Å². The molecule has 1 aliphatic carbocycles. The standard InChI is InChI=1S/C26H31F3N2O3/c27-26(28,29)22-15-18(17-4-2-1-3-5-17)6-7-20(22)16-34-21-8-9-24-19(14-21)10-12-31(24)25(33)23(30)11-13-32/h6-9,14-15,17,23,32H,1-5,10-13,16,30H2/t23-/m1/s1. The number of hydrogen-bond acceptors (Lipinski definition) is 4. The Morgan fingerprint density at radius 1 is 1.15 bits per heavy atom. The van der Waals surface area contributed by atoms with Crippen LogP contribution in [0.25, 0.3) is 0 Å². The number of hydrogen-bond donors (Lipinski definition) is 2. The van der Waals surface area contributed by atoms with Crippen LogP contribution in [-0.2, 0) is 24.0 Å². The third-order valence-corrected chi connectivity index (χ3v) is 6.88. The predicted octanol–water partition coefficient (Wildman–Crippen LogP) is 4.93. The van der Waals surface area contributed by atoms with Gasteiger partial charge in [0, 0.05) is 24.4 Å². The molecule has 184 valence electrons. The van der Waals surface area contributed by atoms with E-state index >= 15 is 0 Å². The highest BCUT2D eigenvalue weighted by Crippen LogP contribution is 2.39. The normalized spacial score (nSPS) is 17.5. The van der Waals surface area contributed by atoms with Crippen LogP contribution < -0.4 is 15.4 Å². The lowest BCUT2D eigenvalue weighted by atomic mass is 9.83. The Bertz CT molecular complexity index is 1020. The maximum atomic E-state index is 13.8. The minimum atomic E-state index is -4.45. The summed E-state index contributed by atoms with van der Waals surface area (Å²) < 4.78 is 47.2. The molecule has 1 heterocycles. The zero-order chi connectivity index (χ0) is 24.3. The first-order valence-corrected chi connectivity index (χ1v) is 11.9. The summed E-state index contributed by atoms with van der Waals surface area (Å²) in [5, 5.41) is 9.03. The molecule has 1 aliphatic heterocycles. The van der Waals surface area contributed by atoms with Gasteiger partial charge in [0.05, 0.1) is 11.6 Å². The minimum Gasteiger partial charge on any atom is -0.489 e. The van der Waals surface area contributed by atoms with E-state index in [1.165, 1.54) is 6.07 Å². The summed E-state index contributed by atoms with van der Waals surface area (Å²) in [6, 6.07) is 9.04. The molecule has 0 unspecified atom stereocenters. The van der Waals surface area contributed by atoms with Crippen LogP contribution in [-0.4, -0.2) is 30.2 Å². The van der Waals surface area contributed by atoms with Crippen LogP contribution in [0.1, 0.15) is 66.7 Å². The Morgan fingerprint density at radius 2 is 1.91 bits per heavy atom. The van der Waals surface area contributed by atoms with Crippen molar-refractivity contribution in [1.82, 2.24) is 0 Å². The topological polar surface area (TPSA) is 75.8 Å². The maximum Gasteiger partial charge on any atom is 0.416 e. The monoisotopic (exact) mass is 476 g/mol. The summed E-state index contributed by atoms with van der Waals surface area (Å²) in [7, 11) is 0. The molecule has 1 saturated carbocycles. The van der Waals surface area contributed by atoms with Crippen molar-refractivity contribution in [3.05, 3.63) is 58.7 Å². The van der Waals surface area contributed by atoms with Crippen molar-refractivity contribution in [3.8, 4) is 5.75 Å². The number of benzene rings is 2. The number of aliphatic hydroxyl groups is 1. The lowest BCUT2D eigenvalue weighted by Crippen LogP contribution is -2.43. The fourth-order valence-electron chi connectivity index (χ4n) is 4.99. The largest absolute Gasteiger partial charge is 0.489 e. The van der Waals surface area contributed by atoms with Crippen LogP contribution in [0, 0.1) is 0 Å². The van der Waals surface area contributed by atoms with E-state index in [2.05, 4.69) is 0 Å². The molecular weight excluding hydrogens is 445 g/mol. The molecule has 0 radical (unpaired) electrons. The second kappa shape index (κ2) is 10.4. The van der Waals surface area contributed by atoms with Gasteiger partial charge in [0.25, 0.3) is 0 Å². The van der Waals surface area contributed by atoms with Crippen LogP contribution >= 0.6 is 0 Å². The van der Waals surface area contributed by atoms with E-state index in [1.807, 2.05) is 6.07 Å². The molecule has 0 bridgehead atoms. The molecule has 1 atom stereocenters. The van der Waals surface area contributed by atoms with Crippen LogP contribution in [0.4, 0.5) is 18.9 Å². The van der Waals surface area contributed by atoms with Crippen molar-refractivity contribution in [1.29, 1.82) is 0 Å². The summed E-state index contributed by atoms with van der Waals surface area (Å²) in [6.45, 7) is 0.113. The number of anilines is 1. The Morgan fingerprint density at radius 3 is 2.62 bits per heavy atom. The highest BCUT2D eigenvalue weighted by Gasteiger charge is 2.34. The fraction of sp³-hybridized carbons (Fsp3) is 0.500. The highest BCUT2D eigenvalue weighted by atomic mass is 19.4. The lowest BCUT2D eigenvalue weighted by Gasteiger charge is -2.24. The first-order chi connectivity index (χ1) is 16.3. The molecule has 4 rings (SSSR count). The van der Waals surface area contributed by atoms with Gasteiger partial charge in [-0.15, -0.1) is 0 Å². The Balaban J connectivity index is 1.48. The van der Waals surface area contributed by atoms with Crippen LogP contribution in [0.5, 0.6) is 5.75 Å². The molecular formula is C26H31F3N2O3. The SMILES string of the molecule is N[C@H](CCO)C(=O)N1CCc2cc(OCc3ccc(C4CCCCC4)cc3C(F)(F)F)ccc21. The number of halogens is 3. The number of amides is 1. The summed E-state index contributed by atoms with van der Waals surface area (Å²) in [5.74, 6) is 0.393. The number of fused-ring (bicyclic) bond motifs is 1. The molecule has 3 N–H and O–H groups in total. The van der Waals surface area contributed by atoms with Crippen LogP contribution in [0.3, 0.4) is 0 Å². The van der Waals surface area contributed by atoms with Gasteiger partial charge >= 0.3 is 6.18 Å². The third kappa shape index (κ3) is 5.39. The zero-order valence-electron chi connectivity index (χ0n) is 19.1. The number of nitrogens with zero attached hydrogens (tertiary/aromatic N) is 1. The summed E-state index contributed by atoms with van der Waals surface area (Å²) >= 11 is 0. The molecule has 2 aromatic carbocycles. The van der Waals surface area contributed by atoms with Crippen molar-refractivity contribution in [2.45, 2.75) is 69.7 Å². The van der Waals surface area contributed by atoms with Gasteiger partial charge < -0.3 is 20.5 Å². The first kappa shape index (κ1) is 24.5. The van der Waals surface area contributed by atoms with Gasteiger partial charge in [0.1, 0.15) is 12.4 Å². The van der Waals surface area contributed by atoms with E-state index in [0.717, 1.165) is 48.9 Å². The van der Waals surface area contributed by atoms with Gasteiger partial charge in [-0.3, -0.25) is 4.79 Å². The van der Waals surface area contributed by atoms with Gasteiger partial charge in [0.15, 0.2) is 0 Å². The van der Waals surface area contributed by atoms with Crippen LogP contribution in [0.2, 0.25) is 0 Å². The van der Waals surface area contributed by atoms with Gasteiger partial charge in [-0.2, -0.15) is 13.2 Å². The molecule has 0 aromatic heterocycles. The first-order valence-electron chi connectivity index (χ1n) is 11.9. The fourth-order valence-corrected chi connectivity index (χ4v) is 4.99. The number of nitrogens with two attached hydrogens (primary N) is 1. The highest BCUT2D eigenvalue weighted by molar-refractivity contribution is 5.98. The molecule has 5 nitrogen and oxygen atoms in total. The molecule has 0 spiro atoms. The molecule has 0 saturated heterocycles. The van der Waals surface area contributed by atoms with E-state index in [9.17, 15) is 18.0 Å². The Labute approximate surface area is 197 Å². The molecule has 34 heavy (non-hydrogen) atoms. The van der Waals surface area contributed by atoms with E-state index in [1.54, 1.807) is 29.2 Å². The number of aliphatic hydroxyl groups excluding tert-OH is 1. The second-order valence-corrected chi connectivity index (χ2v) is 9.19. The molecule has 8 heteroatoms. The average Bonchev–Trinajstić information content (AvgIpc) is 3.25. The van der Waals surface area contributed by atoms with E-state index < -0.39 is 17.8 Å². The summed E-state index contributed by atoms with van der Waals surface area (Å²) in [4.78, 5) is 14.1. The van der Waals surface area contributed by atoms with E-state index in [-0.39, 0.29) is 37.0 Å². The maximum absolute atomic E-state index is 13.8. The van der Waals surface area contributed by atoms with Gasteiger partial charge in [0.2, 0.25) is 5.91 Å². The predicted molar refractivity (Wildman–Crippen MR) is 124 cm³/mol. The number of carbonyl (C=O) groups is 1. The Kier molecular flexibility index (Phi) is 7.48. The smallest absolute Gasteiger partial charge is 0.416 e. The van der Waals surface area contributed by atoms with Crippen molar-refractivity contribution in [3.63, 3.8) is 0 Å². The minimum absolute atomic E-state index is 0.110. The molecule has 1 fully saturated rings. The molecule has 2 aliphatic rings. The van der Waals surface area contributed by atoms with Crippen molar-refractivity contribution in [2.24, 2.45) is 5.73 Å². The van der Waals surface area contributed by atoms with E-state index in [4.69, 9.17) is 15.6 Å². The van der Waals surface area contributed by atoms with E-state index in [0.29, 0.717) is 18.7 Å². The number of alkyl halides is 3. The molecule has 2 aromatic rings. The van der Waals surface area contributed by atoms with Gasteiger partial charge in [-0.05, 0) is 67.0 Å². The second-order valence-electron chi connectivity index (χ2n) is 9.19. The van der Waals surface area contributed by atoms with Crippen molar-refractivity contribution >= 4 is 11.6 Å². The molecule has 1 amide bonds. The average molecular weight is 477 g/mol. The third-order valence-electron chi connectivity index (χ3n) is 6.88. The van der Waals surface area contributed by atoms with Gasteiger partial charge in [-0.1, -0.05) is 31.4 Å². The lowest BCUT2D eigenvalue weighted by molar-refractivity contribution is -0.138. The van der Waals surface area contributed by atoms with Crippen LogP contribution in [0.15, 0.2) is 36.4 Å². The summed E-state index contributed by atoms with van der Waals surface area (Å²) in [6.07, 6.45) is 1.49. The number of carbonyl (C=O) groups excluding carboxylic acids is 1. The van der Waals surface area contributed by atoms with Crippen molar-refractivity contribution < 1.29 is 27.8 Å². The summed E-state index contributed by atoms with van der Waals surface area (Å²) in [5.41, 5.74) is 7.69. The number of rotatable bonds is 7. The quantitative estimate of drug-likeness (QED) is 0.594. The van der Waals surface area contributed by atoms with Crippen molar-refractivity contribution in [2.75, 3.05) is 18.1 Å². The number of ether oxygens (including phenoxy) is 1. The Hall–Kier alpha value is -2.58.